The Bertz CT molecular complexity index is 514. The molecule has 0 aliphatic heterocycles. The molecule has 2 aromatic rings. The summed E-state index contributed by atoms with van der Waals surface area (Å²) in [6, 6.07) is 0. The summed E-state index contributed by atoms with van der Waals surface area (Å²) in [5.74, 6) is 4.48. The van der Waals surface area contributed by atoms with Crippen LogP contribution in [0, 0.1) is 19.8 Å². The number of nitrogens with zero attached hydrogens (tertiary/aromatic N) is 3. The SMILES string of the molecule is Cc1noc(C)c1CSCc1nc(CC(C)C)no1. The quantitative estimate of drug-likeness (QED) is 0.809. The van der Waals surface area contributed by atoms with Gasteiger partial charge in [0, 0.05) is 17.7 Å². The van der Waals surface area contributed by atoms with Crippen molar-refractivity contribution in [2.45, 2.75) is 45.6 Å². The molecule has 0 aromatic carbocycles. The van der Waals surface area contributed by atoms with Crippen LogP contribution in [0.1, 0.15) is 42.6 Å². The van der Waals surface area contributed by atoms with E-state index in [1.54, 1.807) is 11.8 Å². The maximum absolute atomic E-state index is 5.22. The zero-order valence-electron chi connectivity index (χ0n) is 11.8. The van der Waals surface area contributed by atoms with E-state index in [9.17, 15) is 0 Å². The first-order valence-electron chi connectivity index (χ1n) is 6.37. The van der Waals surface area contributed by atoms with Crippen molar-refractivity contribution < 1.29 is 9.05 Å². The molecule has 6 heteroatoms. The molecule has 2 rings (SSSR count). The van der Waals surface area contributed by atoms with Gasteiger partial charge in [-0.2, -0.15) is 4.98 Å². The molecule has 0 aliphatic carbocycles. The van der Waals surface area contributed by atoms with Crippen LogP contribution < -0.4 is 0 Å². The number of aromatic nitrogens is 3. The van der Waals surface area contributed by atoms with Crippen molar-refractivity contribution in [1.82, 2.24) is 15.3 Å². The smallest absolute Gasteiger partial charge is 0.236 e. The lowest BCUT2D eigenvalue weighted by atomic mass is 10.1. The van der Waals surface area contributed by atoms with Crippen LogP contribution in [-0.2, 0) is 17.9 Å². The van der Waals surface area contributed by atoms with Crippen molar-refractivity contribution >= 4 is 11.8 Å². The van der Waals surface area contributed by atoms with Gasteiger partial charge in [-0.1, -0.05) is 24.2 Å². The van der Waals surface area contributed by atoms with Crippen molar-refractivity contribution in [3.8, 4) is 0 Å². The molecule has 0 bridgehead atoms. The van der Waals surface area contributed by atoms with E-state index < -0.39 is 0 Å². The van der Waals surface area contributed by atoms with Crippen molar-refractivity contribution in [2.75, 3.05) is 0 Å². The fraction of sp³-hybridized carbons (Fsp3) is 0.615. The molecular formula is C13H19N3O2S. The molecule has 0 aliphatic rings. The topological polar surface area (TPSA) is 65.0 Å². The average molecular weight is 281 g/mol. The second-order valence-electron chi connectivity index (χ2n) is 5.00. The van der Waals surface area contributed by atoms with E-state index in [-0.39, 0.29) is 0 Å². The first kappa shape index (κ1) is 14.1. The van der Waals surface area contributed by atoms with Gasteiger partial charge in [0.2, 0.25) is 5.89 Å². The second-order valence-corrected chi connectivity index (χ2v) is 5.98. The number of rotatable bonds is 6. The number of hydrogen-bond donors (Lipinski definition) is 0. The molecule has 0 unspecified atom stereocenters. The van der Waals surface area contributed by atoms with Gasteiger partial charge in [-0.05, 0) is 19.8 Å². The zero-order valence-corrected chi connectivity index (χ0v) is 12.6. The molecule has 0 spiro atoms. The minimum absolute atomic E-state index is 0.542. The van der Waals surface area contributed by atoms with E-state index >= 15 is 0 Å². The minimum atomic E-state index is 0.542. The van der Waals surface area contributed by atoms with E-state index in [1.807, 2.05) is 13.8 Å². The standard InChI is InChI=1S/C13H19N3O2S/c1-8(2)5-12-14-13(18-16-12)7-19-6-11-9(3)15-17-10(11)4/h8H,5-7H2,1-4H3. The predicted molar refractivity (Wildman–Crippen MR) is 73.8 cm³/mol. The van der Waals surface area contributed by atoms with E-state index in [0.717, 1.165) is 40.8 Å². The van der Waals surface area contributed by atoms with Crippen LogP contribution in [0.2, 0.25) is 0 Å². The Balaban J connectivity index is 1.84. The van der Waals surface area contributed by atoms with E-state index in [2.05, 4.69) is 29.1 Å². The van der Waals surface area contributed by atoms with Crippen molar-refractivity contribution in [2.24, 2.45) is 5.92 Å². The fourth-order valence-electron chi connectivity index (χ4n) is 1.75. The van der Waals surface area contributed by atoms with Crippen molar-refractivity contribution in [1.29, 1.82) is 0 Å². The van der Waals surface area contributed by atoms with E-state index in [4.69, 9.17) is 9.05 Å². The Morgan fingerprint density at radius 3 is 2.53 bits per heavy atom. The van der Waals surface area contributed by atoms with Crippen LogP contribution in [-0.4, -0.2) is 15.3 Å². The molecular weight excluding hydrogens is 262 g/mol. The third kappa shape index (κ3) is 3.83. The molecule has 2 heterocycles. The minimum Gasteiger partial charge on any atom is -0.361 e. The monoisotopic (exact) mass is 281 g/mol. The molecule has 2 aromatic heterocycles. The van der Waals surface area contributed by atoms with Crippen LogP contribution in [0.3, 0.4) is 0 Å². The highest BCUT2D eigenvalue weighted by molar-refractivity contribution is 7.97. The van der Waals surface area contributed by atoms with Crippen molar-refractivity contribution in [3.63, 3.8) is 0 Å². The summed E-state index contributed by atoms with van der Waals surface area (Å²) in [6.07, 6.45) is 0.859. The highest BCUT2D eigenvalue weighted by atomic mass is 32.2. The molecule has 5 nitrogen and oxygen atoms in total. The third-order valence-electron chi connectivity index (χ3n) is 2.75. The largest absolute Gasteiger partial charge is 0.361 e. The van der Waals surface area contributed by atoms with Crippen LogP contribution in [0.25, 0.3) is 0 Å². The maximum atomic E-state index is 5.22. The Morgan fingerprint density at radius 2 is 1.89 bits per heavy atom. The average Bonchev–Trinajstić information content (AvgIpc) is 2.89. The first-order valence-corrected chi connectivity index (χ1v) is 7.52. The summed E-state index contributed by atoms with van der Waals surface area (Å²) in [6.45, 7) is 8.17. The highest BCUT2D eigenvalue weighted by Crippen LogP contribution is 2.22. The van der Waals surface area contributed by atoms with Gasteiger partial charge in [0.25, 0.3) is 0 Å². The molecule has 0 N–H and O–H groups in total. The molecule has 19 heavy (non-hydrogen) atoms. The normalized spacial score (nSPS) is 11.4. The summed E-state index contributed by atoms with van der Waals surface area (Å²) in [5, 5.41) is 7.92. The summed E-state index contributed by atoms with van der Waals surface area (Å²) >= 11 is 1.73. The maximum Gasteiger partial charge on any atom is 0.236 e. The van der Waals surface area contributed by atoms with E-state index in [0.29, 0.717) is 11.8 Å². The third-order valence-corrected chi connectivity index (χ3v) is 3.70. The van der Waals surface area contributed by atoms with Gasteiger partial charge in [-0.25, -0.2) is 0 Å². The van der Waals surface area contributed by atoms with Gasteiger partial charge in [0.05, 0.1) is 11.4 Å². The molecule has 0 saturated carbocycles. The molecule has 104 valence electrons. The van der Waals surface area contributed by atoms with Gasteiger partial charge in [0.1, 0.15) is 5.76 Å². The Hall–Kier alpha value is -1.30. The Kier molecular flexibility index (Phi) is 4.63. The highest BCUT2D eigenvalue weighted by Gasteiger charge is 2.11. The summed E-state index contributed by atoms with van der Waals surface area (Å²) in [5.41, 5.74) is 2.11. The lowest BCUT2D eigenvalue weighted by Crippen LogP contribution is -1.96. The molecule has 0 amide bonds. The number of hydrogen-bond acceptors (Lipinski definition) is 6. The Morgan fingerprint density at radius 1 is 1.11 bits per heavy atom. The van der Waals surface area contributed by atoms with Gasteiger partial charge in [-0.3, -0.25) is 0 Å². The summed E-state index contributed by atoms with van der Waals surface area (Å²) in [7, 11) is 0. The van der Waals surface area contributed by atoms with Crippen LogP contribution in [0.5, 0.6) is 0 Å². The number of aryl methyl sites for hydroxylation is 2. The van der Waals surface area contributed by atoms with Gasteiger partial charge in [0.15, 0.2) is 5.82 Å². The zero-order chi connectivity index (χ0) is 13.8. The second kappa shape index (κ2) is 6.23. The lowest BCUT2D eigenvalue weighted by molar-refractivity contribution is 0.382. The lowest BCUT2D eigenvalue weighted by Gasteiger charge is -1.98. The molecule has 0 fully saturated rings. The van der Waals surface area contributed by atoms with E-state index in [1.165, 1.54) is 0 Å². The first-order chi connectivity index (χ1) is 9.06. The Labute approximate surface area is 117 Å². The summed E-state index contributed by atoms with van der Waals surface area (Å²) in [4.78, 5) is 4.38. The predicted octanol–water partition coefficient (Wildman–Crippen LogP) is 3.31. The van der Waals surface area contributed by atoms with Crippen LogP contribution >= 0.6 is 11.8 Å². The van der Waals surface area contributed by atoms with Crippen LogP contribution in [0.4, 0.5) is 0 Å². The number of thioether (sulfide) groups is 1. The molecule has 0 radical (unpaired) electrons. The summed E-state index contributed by atoms with van der Waals surface area (Å²) < 4.78 is 10.4. The fourth-order valence-corrected chi connectivity index (χ4v) is 2.76. The van der Waals surface area contributed by atoms with Gasteiger partial charge in [-0.15, -0.1) is 11.8 Å². The van der Waals surface area contributed by atoms with Gasteiger partial charge < -0.3 is 9.05 Å². The van der Waals surface area contributed by atoms with Crippen LogP contribution in [0.15, 0.2) is 9.05 Å². The molecule has 0 saturated heterocycles. The van der Waals surface area contributed by atoms with Gasteiger partial charge >= 0.3 is 0 Å². The van der Waals surface area contributed by atoms with Crippen molar-refractivity contribution in [3.05, 3.63) is 28.7 Å². The molecule has 0 atom stereocenters.